The van der Waals surface area contributed by atoms with Gasteiger partial charge in [0.1, 0.15) is 0 Å². The highest BCUT2D eigenvalue weighted by Crippen LogP contribution is 2.38. The first-order chi connectivity index (χ1) is 14.7. The first-order valence-electron chi connectivity index (χ1n) is 10.4. The average Bonchev–Trinajstić information content (AvgIpc) is 2.78. The Morgan fingerprint density at radius 3 is 2.32 bits per heavy atom. The minimum Gasteiger partial charge on any atom is -0.369 e. The van der Waals surface area contributed by atoms with Crippen LogP contribution in [0.4, 0.5) is 5.69 Å². The van der Waals surface area contributed by atoms with E-state index in [-0.39, 0.29) is 12.4 Å². The highest BCUT2D eigenvalue weighted by Gasteiger charge is 2.20. The molecule has 0 N–H and O–H groups in total. The Bertz CT molecular complexity index is 949. The molecule has 2 nitrogen and oxygen atoms in total. The Hall–Kier alpha value is -1.17. The zero-order valence-corrected chi connectivity index (χ0v) is 21.3. The van der Waals surface area contributed by atoms with Crippen molar-refractivity contribution in [3.63, 3.8) is 0 Å². The van der Waals surface area contributed by atoms with Crippen molar-refractivity contribution in [2.75, 3.05) is 37.6 Å². The van der Waals surface area contributed by atoms with Gasteiger partial charge in [-0.15, -0.1) is 24.2 Å². The molecule has 1 atom stereocenters. The van der Waals surface area contributed by atoms with E-state index in [2.05, 4.69) is 92.5 Å². The van der Waals surface area contributed by atoms with E-state index in [1.165, 1.54) is 16.1 Å². The van der Waals surface area contributed by atoms with Crippen LogP contribution < -0.4 is 4.90 Å². The van der Waals surface area contributed by atoms with E-state index < -0.39 is 0 Å². The molecule has 3 aromatic carbocycles. The summed E-state index contributed by atoms with van der Waals surface area (Å²) in [5, 5.41) is 1.25. The number of piperazine rings is 1. The molecule has 0 radical (unpaired) electrons. The van der Waals surface area contributed by atoms with Gasteiger partial charge in [-0.2, -0.15) is 0 Å². The van der Waals surface area contributed by atoms with Gasteiger partial charge < -0.3 is 4.90 Å². The van der Waals surface area contributed by atoms with Crippen molar-refractivity contribution in [1.29, 1.82) is 0 Å². The van der Waals surface area contributed by atoms with Gasteiger partial charge >= 0.3 is 0 Å². The van der Waals surface area contributed by atoms with Crippen molar-refractivity contribution in [2.45, 2.75) is 16.6 Å². The Morgan fingerprint density at radius 2 is 1.61 bits per heavy atom. The SMILES string of the molecule is Cl.Clc1cccc(N2CCN(CCC(Sc3ccccc3)c3cccc(Br)c3)CC2)c1. The van der Waals surface area contributed by atoms with Gasteiger partial charge in [0.15, 0.2) is 0 Å². The summed E-state index contributed by atoms with van der Waals surface area (Å²) in [6.07, 6.45) is 1.13. The second kappa shape index (κ2) is 12.2. The Labute approximate surface area is 209 Å². The van der Waals surface area contributed by atoms with Crippen LogP contribution in [0.15, 0.2) is 88.2 Å². The quantitative estimate of drug-likeness (QED) is 0.287. The first kappa shape index (κ1) is 24.5. The van der Waals surface area contributed by atoms with Crippen LogP contribution in [0.2, 0.25) is 5.02 Å². The van der Waals surface area contributed by atoms with Crippen molar-refractivity contribution >= 4 is 57.4 Å². The van der Waals surface area contributed by atoms with Crippen LogP contribution in [0.25, 0.3) is 0 Å². The minimum atomic E-state index is 0. The third-order valence-electron chi connectivity index (χ3n) is 5.50. The standard InChI is InChI=1S/C25H26BrClN2S.ClH/c26-21-7-4-6-20(18-21)25(30-24-10-2-1-3-11-24)12-13-28-14-16-29(17-15-28)23-9-5-8-22(27)19-23;/h1-11,18-19,25H,12-17H2;1H. The van der Waals surface area contributed by atoms with Gasteiger partial charge in [-0.3, -0.25) is 4.90 Å². The van der Waals surface area contributed by atoms with Crippen molar-refractivity contribution in [1.82, 2.24) is 4.90 Å². The maximum atomic E-state index is 6.17. The van der Waals surface area contributed by atoms with Crippen LogP contribution in [0, 0.1) is 0 Å². The smallest absolute Gasteiger partial charge is 0.0426 e. The molecular formula is C25H27BrCl2N2S. The molecule has 0 aromatic heterocycles. The molecular weight excluding hydrogens is 511 g/mol. The molecule has 0 spiro atoms. The lowest BCUT2D eigenvalue weighted by Gasteiger charge is -2.36. The van der Waals surface area contributed by atoms with Gasteiger partial charge in [0.2, 0.25) is 0 Å². The van der Waals surface area contributed by atoms with Gasteiger partial charge in [-0.05, 0) is 61.0 Å². The largest absolute Gasteiger partial charge is 0.369 e. The van der Waals surface area contributed by atoms with Crippen LogP contribution in [0.5, 0.6) is 0 Å². The van der Waals surface area contributed by atoms with E-state index in [9.17, 15) is 0 Å². The number of thioether (sulfide) groups is 1. The molecule has 1 heterocycles. The number of anilines is 1. The van der Waals surface area contributed by atoms with Crippen molar-refractivity contribution in [2.24, 2.45) is 0 Å². The Kier molecular flexibility index (Phi) is 9.61. The molecule has 1 saturated heterocycles. The summed E-state index contributed by atoms with van der Waals surface area (Å²) in [6, 6.07) is 27.7. The molecule has 0 amide bonds. The van der Waals surface area contributed by atoms with Crippen LogP contribution in [-0.4, -0.2) is 37.6 Å². The monoisotopic (exact) mass is 536 g/mol. The first-order valence-corrected chi connectivity index (χ1v) is 12.4. The lowest BCUT2D eigenvalue weighted by molar-refractivity contribution is 0.254. The zero-order chi connectivity index (χ0) is 20.8. The van der Waals surface area contributed by atoms with Crippen LogP contribution in [-0.2, 0) is 0 Å². The second-order valence-corrected chi connectivity index (χ2v) is 10.2. The van der Waals surface area contributed by atoms with Gasteiger partial charge in [0.05, 0.1) is 0 Å². The molecule has 164 valence electrons. The van der Waals surface area contributed by atoms with E-state index in [0.29, 0.717) is 5.25 Å². The fraction of sp³-hybridized carbons (Fsp3) is 0.280. The van der Waals surface area contributed by atoms with E-state index in [4.69, 9.17) is 11.6 Å². The molecule has 1 fully saturated rings. The number of nitrogens with zero attached hydrogens (tertiary/aromatic N) is 2. The second-order valence-electron chi connectivity index (χ2n) is 7.57. The molecule has 6 heteroatoms. The highest BCUT2D eigenvalue weighted by molar-refractivity contribution is 9.10. The molecule has 31 heavy (non-hydrogen) atoms. The molecule has 1 aliphatic rings. The molecule has 4 rings (SSSR count). The fourth-order valence-corrected chi connectivity index (χ4v) is 5.62. The van der Waals surface area contributed by atoms with Crippen LogP contribution in [0.1, 0.15) is 17.2 Å². The maximum Gasteiger partial charge on any atom is 0.0426 e. The number of benzene rings is 3. The molecule has 0 bridgehead atoms. The summed E-state index contributed by atoms with van der Waals surface area (Å²) < 4.78 is 1.15. The van der Waals surface area contributed by atoms with Gasteiger partial charge in [-0.25, -0.2) is 0 Å². The molecule has 1 aliphatic heterocycles. The molecule has 1 unspecified atom stereocenters. The van der Waals surface area contributed by atoms with Crippen molar-refractivity contribution < 1.29 is 0 Å². The fourth-order valence-electron chi connectivity index (χ4n) is 3.87. The van der Waals surface area contributed by atoms with Crippen LogP contribution in [0.3, 0.4) is 0 Å². The van der Waals surface area contributed by atoms with Crippen molar-refractivity contribution in [3.8, 4) is 0 Å². The van der Waals surface area contributed by atoms with Gasteiger partial charge in [0, 0.05) is 51.5 Å². The summed E-state index contributed by atoms with van der Waals surface area (Å²) in [5.41, 5.74) is 2.62. The number of hydrogen-bond acceptors (Lipinski definition) is 3. The maximum absolute atomic E-state index is 6.17. The normalized spacial score (nSPS) is 15.4. The van der Waals surface area contributed by atoms with E-state index >= 15 is 0 Å². The van der Waals surface area contributed by atoms with Crippen LogP contribution >= 0.6 is 51.7 Å². The lowest BCUT2D eigenvalue weighted by atomic mass is 10.1. The average molecular weight is 538 g/mol. The topological polar surface area (TPSA) is 6.48 Å². The third kappa shape index (κ3) is 7.16. The van der Waals surface area contributed by atoms with Gasteiger partial charge in [0.25, 0.3) is 0 Å². The van der Waals surface area contributed by atoms with Crippen molar-refractivity contribution in [3.05, 3.63) is 93.9 Å². The highest BCUT2D eigenvalue weighted by atomic mass is 79.9. The zero-order valence-electron chi connectivity index (χ0n) is 17.3. The van der Waals surface area contributed by atoms with E-state index in [0.717, 1.165) is 48.6 Å². The number of rotatable bonds is 7. The summed E-state index contributed by atoms with van der Waals surface area (Å²) in [5.74, 6) is 0. The minimum absolute atomic E-state index is 0. The van der Waals surface area contributed by atoms with E-state index in [1.54, 1.807) is 0 Å². The summed E-state index contributed by atoms with van der Waals surface area (Å²) in [4.78, 5) is 6.36. The lowest BCUT2D eigenvalue weighted by Crippen LogP contribution is -2.46. The predicted octanol–water partition coefficient (Wildman–Crippen LogP) is 7.57. The summed E-state index contributed by atoms with van der Waals surface area (Å²) in [6.45, 7) is 5.39. The Morgan fingerprint density at radius 1 is 0.871 bits per heavy atom. The summed E-state index contributed by atoms with van der Waals surface area (Å²) >= 11 is 11.8. The predicted molar refractivity (Wildman–Crippen MR) is 141 cm³/mol. The number of hydrogen-bond donors (Lipinski definition) is 0. The third-order valence-corrected chi connectivity index (χ3v) is 7.56. The Balaban J connectivity index is 0.00000272. The van der Waals surface area contributed by atoms with E-state index in [1.807, 2.05) is 23.9 Å². The summed E-state index contributed by atoms with van der Waals surface area (Å²) in [7, 11) is 0. The molecule has 3 aromatic rings. The van der Waals surface area contributed by atoms with Gasteiger partial charge in [-0.1, -0.05) is 63.9 Å². The number of halogens is 3. The molecule has 0 aliphatic carbocycles. The molecule has 0 saturated carbocycles.